The molecule has 1 aromatic carbocycles. The second-order valence-electron chi connectivity index (χ2n) is 5.88. The summed E-state index contributed by atoms with van der Waals surface area (Å²) in [5.41, 5.74) is 0.578. The molecule has 1 amide bonds. The highest BCUT2D eigenvalue weighted by molar-refractivity contribution is 5.97. The van der Waals surface area contributed by atoms with Crippen molar-refractivity contribution in [2.24, 2.45) is 17.8 Å². The first-order chi connectivity index (χ1) is 10.4. The molecule has 1 heterocycles. The standard InChI is InChI=1S/C15H16F3NO3/c16-15(17,18)22-12-3-1-11(2-4-12)19-7-10-5-9(8-20)6-13(10)14(19)21/h1-4,9-10,13,20H,5-8H2/t9?,10-,13-/m0/s1. The Balaban J connectivity index is 1.70. The predicted molar refractivity (Wildman–Crippen MR) is 72.3 cm³/mol. The molecule has 1 aliphatic heterocycles. The van der Waals surface area contributed by atoms with E-state index in [1.807, 2.05) is 0 Å². The zero-order valence-electron chi connectivity index (χ0n) is 11.7. The summed E-state index contributed by atoms with van der Waals surface area (Å²) >= 11 is 0. The summed E-state index contributed by atoms with van der Waals surface area (Å²) in [6.45, 7) is 0.656. The summed E-state index contributed by atoms with van der Waals surface area (Å²) in [5.74, 6) is 0.0107. The van der Waals surface area contributed by atoms with Crippen molar-refractivity contribution in [3.8, 4) is 5.75 Å². The van der Waals surface area contributed by atoms with Crippen LogP contribution in [0.25, 0.3) is 0 Å². The summed E-state index contributed by atoms with van der Waals surface area (Å²) < 4.78 is 40.2. The molecule has 1 saturated heterocycles. The van der Waals surface area contributed by atoms with Crippen molar-refractivity contribution in [3.05, 3.63) is 24.3 Å². The molecule has 1 aliphatic carbocycles. The first-order valence-corrected chi connectivity index (χ1v) is 7.15. The molecule has 0 spiro atoms. The van der Waals surface area contributed by atoms with Crippen LogP contribution in [0.5, 0.6) is 5.75 Å². The fourth-order valence-corrected chi connectivity index (χ4v) is 3.48. The number of hydrogen-bond donors (Lipinski definition) is 1. The maximum atomic E-state index is 12.4. The van der Waals surface area contributed by atoms with Crippen LogP contribution >= 0.6 is 0 Å². The van der Waals surface area contributed by atoms with Gasteiger partial charge in [0.1, 0.15) is 5.75 Å². The van der Waals surface area contributed by atoms with Crippen molar-refractivity contribution >= 4 is 11.6 Å². The van der Waals surface area contributed by atoms with E-state index in [0.717, 1.165) is 6.42 Å². The van der Waals surface area contributed by atoms with Crippen molar-refractivity contribution in [1.29, 1.82) is 0 Å². The zero-order chi connectivity index (χ0) is 15.9. The number of fused-ring (bicyclic) bond motifs is 1. The Bertz CT molecular complexity index is 558. The highest BCUT2D eigenvalue weighted by Crippen LogP contribution is 2.43. The smallest absolute Gasteiger partial charge is 0.406 e. The average Bonchev–Trinajstić information content (AvgIpc) is 2.98. The minimum atomic E-state index is -4.72. The van der Waals surface area contributed by atoms with Crippen molar-refractivity contribution in [2.75, 3.05) is 18.1 Å². The van der Waals surface area contributed by atoms with E-state index in [0.29, 0.717) is 18.7 Å². The van der Waals surface area contributed by atoms with Gasteiger partial charge in [-0.05, 0) is 48.9 Å². The lowest BCUT2D eigenvalue weighted by Crippen LogP contribution is -2.28. The minimum absolute atomic E-state index is 0.00885. The fraction of sp³-hybridized carbons (Fsp3) is 0.533. The third kappa shape index (κ3) is 2.90. The number of nitrogens with zero attached hydrogens (tertiary/aromatic N) is 1. The number of ether oxygens (including phenoxy) is 1. The summed E-state index contributed by atoms with van der Waals surface area (Å²) in [6.07, 6.45) is -3.22. The molecule has 2 fully saturated rings. The Morgan fingerprint density at radius 1 is 1.23 bits per heavy atom. The predicted octanol–water partition coefficient (Wildman–Crippen LogP) is 2.57. The second kappa shape index (κ2) is 5.46. The Hall–Kier alpha value is -1.76. The van der Waals surface area contributed by atoms with Gasteiger partial charge in [0.25, 0.3) is 0 Å². The van der Waals surface area contributed by atoms with E-state index < -0.39 is 6.36 Å². The van der Waals surface area contributed by atoms with E-state index in [4.69, 9.17) is 0 Å². The van der Waals surface area contributed by atoms with Crippen molar-refractivity contribution < 1.29 is 27.8 Å². The van der Waals surface area contributed by atoms with Gasteiger partial charge in [0.2, 0.25) is 5.91 Å². The number of anilines is 1. The lowest BCUT2D eigenvalue weighted by molar-refractivity contribution is -0.274. The Morgan fingerprint density at radius 3 is 2.45 bits per heavy atom. The molecular formula is C15H16F3NO3. The number of rotatable bonds is 3. The number of amides is 1. The van der Waals surface area contributed by atoms with Crippen molar-refractivity contribution in [3.63, 3.8) is 0 Å². The fourth-order valence-electron chi connectivity index (χ4n) is 3.48. The molecule has 3 rings (SSSR count). The number of carbonyl (C=O) groups is 1. The molecule has 22 heavy (non-hydrogen) atoms. The zero-order valence-corrected chi connectivity index (χ0v) is 11.7. The minimum Gasteiger partial charge on any atom is -0.406 e. The number of alkyl halides is 3. The normalized spacial score (nSPS) is 28.1. The number of halogens is 3. The molecule has 4 nitrogen and oxygen atoms in total. The first-order valence-electron chi connectivity index (χ1n) is 7.15. The molecular weight excluding hydrogens is 299 g/mol. The topological polar surface area (TPSA) is 49.8 Å². The van der Waals surface area contributed by atoms with Crippen LogP contribution in [-0.2, 0) is 4.79 Å². The first kappa shape index (κ1) is 15.1. The van der Waals surface area contributed by atoms with Crippen LogP contribution in [0.4, 0.5) is 18.9 Å². The SMILES string of the molecule is O=C1[C@H]2CC(CO)C[C@H]2CN1c1ccc(OC(F)(F)F)cc1. The largest absolute Gasteiger partial charge is 0.573 e. The van der Waals surface area contributed by atoms with Gasteiger partial charge in [0, 0.05) is 24.8 Å². The van der Waals surface area contributed by atoms with Gasteiger partial charge >= 0.3 is 6.36 Å². The lowest BCUT2D eigenvalue weighted by Gasteiger charge is -2.19. The van der Waals surface area contributed by atoms with Gasteiger partial charge in [-0.25, -0.2) is 0 Å². The summed E-state index contributed by atoms with van der Waals surface area (Å²) in [6, 6.07) is 5.34. The average molecular weight is 315 g/mol. The monoisotopic (exact) mass is 315 g/mol. The molecule has 7 heteroatoms. The number of aliphatic hydroxyl groups is 1. The number of carbonyl (C=O) groups excluding carboxylic acids is 1. The van der Waals surface area contributed by atoms with Crippen LogP contribution in [0.15, 0.2) is 24.3 Å². The highest BCUT2D eigenvalue weighted by Gasteiger charge is 2.46. The van der Waals surface area contributed by atoms with Gasteiger partial charge in [0.05, 0.1) is 0 Å². The summed E-state index contributed by atoms with van der Waals surface area (Å²) in [4.78, 5) is 14.0. The molecule has 0 aromatic heterocycles. The van der Waals surface area contributed by atoms with Crippen molar-refractivity contribution in [2.45, 2.75) is 19.2 Å². The van der Waals surface area contributed by atoms with Gasteiger partial charge in [-0.2, -0.15) is 0 Å². The molecule has 0 bridgehead atoms. The number of benzene rings is 1. The maximum Gasteiger partial charge on any atom is 0.573 e. The van der Waals surface area contributed by atoms with E-state index >= 15 is 0 Å². The third-order valence-corrected chi connectivity index (χ3v) is 4.43. The third-order valence-electron chi connectivity index (χ3n) is 4.43. The van der Waals surface area contributed by atoms with Gasteiger partial charge in [-0.1, -0.05) is 0 Å². The van der Waals surface area contributed by atoms with Crippen LogP contribution in [0, 0.1) is 17.8 Å². The van der Waals surface area contributed by atoms with E-state index in [1.54, 1.807) is 4.90 Å². The Labute approximate surface area is 125 Å². The summed E-state index contributed by atoms with van der Waals surface area (Å²) in [5, 5.41) is 9.18. The number of aliphatic hydroxyl groups excluding tert-OH is 1. The molecule has 3 atom stereocenters. The maximum absolute atomic E-state index is 12.4. The number of hydrogen-bond acceptors (Lipinski definition) is 3. The molecule has 120 valence electrons. The van der Waals surface area contributed by atoms with E-state index in [9.17, 15) is 23.1 Å². The van der Waals surface area contributed by atoms with Crippen LogP contribution < -0.4 is 9.64 Å². The van der Waals surface area contributed by atoms with Crippen molar-refractivity contribution in [1.82, 2.24) is 0 Å². The van der Waals surface area contributed by atoms with E-state index in [1.165, 1.54) is 24.3 Å². The van der Waals surface area contributed by atoms with E-state index in [-0.39, 0.29) is 36.0 Å². The molecule has 1 aromatic rings. The van der Waals surface area contributed by atoms with Gasteiger partial charge in [0.15, 0.2) is 0 Å². The molecule has 0 radical (unpaired) electrons. The highest BCUT2D eigenvalue weighted by atomic mass is 19.4. The van der Waals surface area contributed by atoms with Crippen LogP contribution in [0.1, 0.15) is 12.8 Å². The van der Waals surface area contributed by atoms with Crippen LogP contribution in [0.2, 0.25) is 0 Å². The molecule has 2 aliphatic rings. The Morgan fingerprint density at radius 2 is 1.91 bits per heavy atom. The van der Waals surface area contributed by atoms with Crippen LogP contribution in [0.3, 0.4) is 0 Å². The Kier molecular flexibility index (Phi) is 3.76. The van der Waals surface area contributed by atoms with E-state index in [2.05, 4.69) is 4.74 Å². The van der Waals surface area contributed by atoms with Gasteiger partial charge in [-0.3, -0.25) is 4.79 Å². The van der Waals surface area contributed by atoms with Crippen LogP contribution in [-0.4, -0.2) is 30.5 Å². The molecule has 1 N–H and O–H groups in total. The quantitative estimate of drug-likeness (QED) is 0.932. The van der Waals surface area contributed by atoms with Gasteiger partial charge in [-0.15, -0.1) is 13.2 Å². The molecule has 1 saturated carbocycles. The summed E-state index contributed by atoms with van der Waals surface area (Å²) in [7, 11) is 0. The second-order valence-corrected chi connectivity index (χ2v) is 5.88. The lowest BCUT2D eigenvalue weighted by atomic mass is 10.0. The molecule has 1 unspecified atom stereocenters. The van der Waals surface area contributed by atoms with Gasteiger partial charge < -0.3 is 14.7 Å².